The maximum atomic E-state index is 10.7. The van der Waals surface area contributed by atoms with Gasteiger partial charge in [0.2, 0.25) is 0 Å². The molecule has 0 radical (unpaired) electrons. The lowest BCUT2D eigenvalue weighted by molar-refractivity contribution is 0.246. The number of nitrogens with one attached hydrogen (secondary N) is 2. The van der Waals surface area contributed by atoms with E-state index in [1.54, 1.807) is 0 Å². The Kier molecular flexibility index (Phi) is 2.87. The molecule has 0 aliphatic carbocycles. The fourth-order valence-electron chi connectivity index (χ4n) is 1.99. The molecule has 80 valence electrons. The second-order valence-electron chi connectivity index (χ2n) is 3.81. The summed E-state index contributed by atoms with van der Waals surface area (Å²) in [5.41, 5.74) is 6.33. The Labute approximate surface area is 88.9 Å². The molecule has 1 fully saturated rings. The quantitative estimate of drug-likeness (QED) is 0.667. The minimum absolute atomic E-state index is 0.146. The molecule has 1 aromatic rings. The van der Waals surface area contributed by atoms with E-state index >= 15 is 0 Å². The molecule has 15 heavy (non-hydrogen) atoms. The van der Waals surface area contributed by atoms with Crippen LogP contribution in [-0.2, 0) is 0 Å². The van der Waals surface area contributed by atoms with Crippen LogP contribution in [0.1, 0.15) is 18.0 Å². The van der Waals surface area contributed by atoms with Gasteiger partial charge in [0, 0.05) is 18.6 Å². The molecule has 1 saturated heterocycles. The molecule has 1 aliphatic heterocycles. The van der Waals surface area contributed by atoms with Crippen LogP contribution >= 0.6 is 0 Å². The molecule has 0 aromatic heterocycles. The normalized spacial score (nSPS) is 25.1. The van der Waals surface area contributed by atoms with E-state index in [9.17, 15) is 4.79 Å². The molecule has 4 heteroatoms. The molecule has 2 rings (SSSR count). The number of amides is 2. The molecular weight excluding hydrogens is 190 g/mol. The van der Waals surface area contributed by atoms with Crippen LogP contribution in [0.3, 0.4) is 0 Å². The Hall–Kier alpha value is -1.55. The van der Waals surface area contributed by atoms with E-state index in [0.29, 0.717) is 6.04 Å². The first-order chi connectivity index (χ1) is 7.25. The highest BCUT2D eigenvalue weighted by molar-refractivity contribution is 5.72. The van der Waals surface area contributed by atoms with Crippen LogP contribution in [0.2, 0.25) is 0 Å². The van der Waals surface area contributed by atoms with Gasteiger partial charge in [-0.15, -0.1) is 0 Å². The van der Waals surface area contributed by atoms with E-state index in [1.165, 1.54) is 5.56 Å². The van der Waals surface area contributed by atoms with Crippen LogP contribution in [-0.4, -0.2) is 18.6 Å². The molecule has 1 aromatic carbocycles. The summed E-state index contributed by atoms with van der Waals surface area (Å²) in [6, 6.07) is 10.2. The van der Waals surface area contributed by atoms with Gasteiger partial charge < -0.3 is 16.4 Å². The minimum Gasteiger partial charge on any atom is -0.352 e. The van der Waals surface area contributed by atoms with Gasteiger partial charge in [0.05, 0.1) is 0 Å². The Morgan fingerprint density at radius 3 is 2.80 bits per heavy atom. The first-order valence-corrected chi connectivity index (χ1v) is 5.10. The number of nitrogens with two attached hydrogens (primary N) is 1. The van der Waals surface area contributed by atoms with Crippen LogP contribution < -0.4 is 16.4 Å². The molecule has 2 amide bonds. The van der Waals surface area contributed by atoms with Crippen LogP contribution in [0.4, 0.5) is 4.79 Å². The molecule has 4 nitrogen and oxygen atoms in total. The summed E-state index contributed by atoms with van der Waals surface area (Å²) in [5, 5.41) is 6.08. The third-order valence-electron chi connectivity index (χ3n) is 2.68. The number of urea groups is 1. The van der Waals surface area contributed by atoms with Gasteiger partial charge in [0.15, 0.2) is 0 Å². The van der Waals surface area contributed by atoms with Crippen LogP contribution in [0.5, 0.6) is 0 Å². The smallest absolute Gasteiger partial charge is 0.312 e. The average molecular weight is 205 g/mol. The molecule has 1 aliphatic rings. The monoisotopic (exact) mass is 205 g/mol. The van der Waals surface area contributed by atoms with Gasteiger partial charge in [-0.05, 0) is 12.0 Å². The summed E-state index contributed by atoms with van der Waals surface area (Å²) in [7, 11) is 0. The van der Waals surface area contributed by atoms with Crippen molar-refractivity contribution in [1.82, 2.24) is 10.6 Å². The number of hydrogen-bond acceptors (Lipinski definition) is 2. The topological polar surface area (TPSA) is 67.2 Å². The zero-order chi connectivity index (χ0) is 10.7. The second-order valence-corrected chi connectivity index (χ2v) is 3.81. The Balaban J connectivity index is 1.96. The van der Waals surface area contributed by atoms with E-state index in [-0.39, 0.29) is 6.04 Å². The van der Waals surface area contributed by atoms with Crippen molar-refractivity contribution < 1.29 is 4.79 Å². The summed E-state index contributed by atoms with van der Waals surface area (Å²) in [6.07, 6.45) is 0.896. The van der Waals surface area contributed by atoms with Crippen LogP contribution in [0.25, 0.3) is 0 Å². The fourth-order valence-corrected chi connectivity index (χ4v) is 1.99. The summed E-state index contributed by atoms with van der Waals surface area (Å²) < 4.78 is 0. The molecule has 2 unspecified atom stereocenters. The van der Waals surface area contributed by atoms with Gasteiger partial charge in [0.25, 0.3) is 0 Å². The Morgan fingerprint density at radius 2 is 2.13 bits per heavy atom. The number of rotatable bonds is 2. The fraction of sp³-hybridized carbons (Fsp3) is 0.364. The molecular formula is C11H15N3O. The first-order valence-electron chi connectivity index (χ1n) is 5.10. The largest absolute Gasteiger partial charge is 0.352 e. The summed E-state index contributed by atoms with van der Waals surface area (Å²) in [6.45, 7) is 0.780. The van der Waals surface area contributed by atoms with Crippen molar-refractivity contribution in [2.75, 3.05) is 6.54 Å². The third-order valence-corrected chi connectivity index (χ3v) is 2.68. The standard InChI is InChI=1S/C11H15N3O/c12-11(15)14-9-6-10(13-7-9)8-4-2-1-3-5-8/h1-5,9-10,13H,6-7H2,(H3,12,14,15). The Bertz CT molecular complexity index is 339. The molecule has 0 bridgehead atoms. The first kappa shape index (κ1) is 9.98. The molecule has 2 atom stereocenters. The number of primary amides is 1. The lowest BCUT2D eigenvalue weighted by atomic mass is 10.0. The van der Waals surface area contributed by atoms with Crippen molar-refractivity contribution in [3.8, 4) is 0 Å². The van der Waals surface area contributed by atoms with Crippen LogP contribution in [0, 0.1) is 0 Å². The SMILES string of the molecule is NC(=O)NC1CNC(c2ccccc2)C1. The molecule has 0 spiro atoms. The number of hydrogen-bond donors (Lipinski definition) is 3. The number of benzene rings is 1. The maximum absolute atomic E-state index is 10.7. The Morgan fingerprint density at radius 1 is 1.40 bits per heavy atom. The third kappa shape index (κ3) is 2.47. The van der Waals surface area contributed by atoms with Crippen molar-refractivity contribution in [1.29, 1.82) is 0 Å². The van der Waals surface area contributed by atoms with Crippen LogP contribution in [0.15, 0.2) is 30.3 Å². The van der Waals surface area contributed by atoms with Gasteiger partial charge in [-0.25, -0.2) is 4.79 Å². The zero-order valence-corrected chi connectivity index (χ0v) is 8.44. The zero-order valence-electron chi connectivity index (χ0n) is 8.44. The lowest BCUT2D eigenvalue weighted by Gasteiger charge is -2.11. The highest BCUT2D eigenvalue weighted by Crippen LogP contribution is 2.22. The van der Waals surface area contributed by atoms with E-state index < -0.39 is 6.03 Å². The molecule has 0 saturated carbocycles. The highest BCUT2D eigenvalue weighted by Gasteiger charge is 2.25. The van der Waals surface area contributed by atoms with Crippen molar-refractivity contribution >= 4 is 6.03 Å². The predicted octanol–water partition coefficient (Wildman–Crippen LogP) is 0.758. The van der Waals surface area contributed by atoms with Crippen molar-refractivity contribution in [3.63, 3.8) is 0 Å². The van der Waals surface area contributed by atoms with Gasteiger partial charge >= 0.3 is 6.03 Å². The highest BCUT2D eigenvalue weighted by atomic mass is 16.2. The van der Waals surface area contributed by atoms with Crippen molar-refractivity contribution in [2.45, 2.75) is 18.5 Å². The van der Waals surface area contributed by atoms with E-state index in [4.69, 9.17) is 5.73 Å². The molecule has 4 N–H and O–H groups in total. The van der Waals surface area contributed by atoms with Gasteiger partial charge in [0.1, 0.15) is 0 Å². The lowest BCUT2D eigenvalue weighted by Crippen LogP contribution is -2.39. The number of carbonyl (C=O) groups excluding carboxylic acids is 1. The van der Waals surface area contributed by atoms with Gasteiger partial charge in [-0.2, -0.15) is 0 Å². The van der Waals surface area contributed by atoms with E-state index in [1.807, 2.05) is 18.2 Å². The van der Waals surface area contributed by atoms with Crippen molar-refractivity contribution in [2.24, 2.45) is 5.73 Å². The van der Waals surface area contributed by atoms with E-state index in [2.05, 4.69) is 22.8 Å². The summed E-state index contributed by atoms with van der Waals surface area (Å²) in [4.78, 5) is 10.7. The van der Waals surface area contributed by atoms with E-state index in [0.717, 1.165) is 13.0 Å². The van der Waals surface area contributed by atoms with Gasteiger partial charge in [-0.3, -0.25) is 0 Å². The summed E-state index contributed by atoms with van der Waals surface area (Å²) in [5.74, 6) is 0. The number of carbonyl (C=O) groups is 1. The molecule has 1 heterocycles. The maximum Gasteiger partial charge on any atom is 0.312 e. The van der Waals surface area contributed by atoms with Crippen molar-refractivity contribution in [3.05, 3.63) is 35.9 Å². The average Bonchev–Trinajstić information content (AvgIpc) is 2.67. The summed E-state index contributed by atoms with van der Waals surface area (Å²) >= 11 is 0. The predicted molar refractivity (Wildman–Crippen MR) is 58.3 cm³/mol. The van der Waals surface area contributed by atoms with Gasteiger partial charge in [-0.1, -0.05) is 30.3 Å². The second kappa shape index (κ2) is 4.31. The minimum atomic E-state index is -0.449.